The molecule has 1 fully saturated rings. The highest BCUT2D eigenvalue weighted by atomic mass is 35.5. The first-order chi connectivity index (χ1) is 20.7. The van der Waals surface area contributed by atoms with Crippen LogP contribution in [0.15, 0.2) is 54.3 Å². The van der Waals surface area contributed by atoms with Crippen molar-refractivity contribution < 1.29 is 19.1 Å². The number of hydrogen-bond acceptors (Lipinski definition) is 9. The summed E-state index contributed by atoms with van der Waals surface area (Å²) >= 11 is 12.8. The molecule has 4 rings (SSSR count). The zero-order valence-corrected chi connectivity index (χ0v) is 26.2. The Kier molecular flexibility index (Phi) is 10.7. The van der Waals surface area contributed by atoms with Crippen molar-refractivity contribution in [2.24, 2.45) is 0 Å². The second kappa shape index (κ2) is 14.5. The summed E-state index contributed by atoms with van der Waals surface area (Å²) in [6, 6.07) is 2.59. The molecule has 43 heavy (non-hydrogen) atoms. The number of carbonyl (C=O) groups excluding carboxylic acids is 2. The first-order valence-corrected chi connectivity index (χ1v) is 14.5. The third-order valence-corrected chi connectivity index (χ3v) is 8.07. The average molecular weight is 632 g/mol. The van der Waals surface area contributed by atoms with E-state index in [1.165, 1.54) is 43.3 Å². The van der Waals surface area contributed by atoms with Crippen molar-refractivity contribution in [3.05, 3.63) is 64.3 Å². The number of halogens is 2. The third kappa shape index (κ3) is 7.51. The Bertz CT molecular complexity index is 1410. The van der Waals surface area contributed by atoms with Gasteiger partial charge in [-0.2, -0.15) is 0 Å². The van der Waals surface area contributed by atoms with Crippen LogP contribution >= 0.6 is 23.2 Å². The van der Waals surface area contributed by atoms with Gasteiger partial charge in [0.15, 0.2) is 0 Å². The highest BCUT2D eigenvalue weighted by Gasteiger charge is 2.24. The van der Waals surface area contributed by atoms with Gasteiger partial charge in [0.25, 0.3) is 0 Å². The van der Waals surface area contributed by atoms with E-state index in [0.717, 1.165) is 44.8 Å². The summed E-state index contributed by atoms with van der Waals surface area (Å²) in [6.07, 6.45) is 6.03. The molecule has 230 valence electrons. The number of nitrogens with one attached hydrogen (secondary N) is 3. The topological polar surface area (TPSA) is 124 Å². The molecule has 0 atom stereocenters. The number of aromatic nitrogens is 2. The van der Waals surface area contributed by atoms with Gasteiger partial charge >= 0.3 is 6.03 Å². The maximum Gasteiger partial charge on any atom is 0.327 e. The molecule has 3 amide bonds. The Hall–Kier alpha value is -4.00. The Morgan fingerprint density at radius 2 is 1.72 bits per heavy atom. The van der Waals surface area contributed by atoms with Crippen LogP contribution in [0.5, 0.6) is 11.5 Å². The normalized spacial score (nSPS) is 15.4. The first kappa shape index (κ1) is 31.9. The van der Waals surface area contributed by atoms with Crippen molar-refractivity contribution in [3.63, 3.8) is 0 Å². The number of anilines is 3. The highest BCUT2D eigenvalue weighted by molar-refractivity contribution is 6.41. The van der Waals surface area contributed by atoms with Gasteiger partial charge in [0.2, 0.25) is 5.91 Å². The molecule has 1 saturated heterocycles. The Morgan fingerprint density at radius 1 is 1.05 bits per heavy atom. The molecule has 1 aromatic heterocycles. The molecule has 0 bridgehead atoms. The molecule has 1 aliphatic carbocycles. The van der Waals surface area contributed by atoms with E-state index in [9.17, 15) is 9.59 Å². The fourth-order valence-electron chi connectivity index (χ4n) is 4.78. The largest absolute Gasteiger partial charge is 0.495 e. The monoisotopic (exact) mass is 630 g/mol. The molecule has 0 radical (unpaired) electrons. The van der Waals surface area contributed by atoms with Crippen molar-refractivity contribution in [2.75, 3.05) is 69.5 Å². The summed E-state index contributed by atoms with van der Waals surface area (Å²) < 4.78 is 10.6. The smallest absolute Gasteiger partial charge is 0.327 e. The van der Waals surface area contributed by atoms with Crippen LogP contribution in [0.1, 0.15) is 19.8 Å². The lowest BCUT2D eigenvalue weighted by molar-refractivity contribution is -0.115. The summed E-state index contributed by atoms with van der Waals surface area (Å²) in [4.78, 5) is 40.2. The number of carbonyl (C=O) groups is 2. The SMILES string of the molecule is C=CC(=O)NC1=C(Nc2cc(N(C)C(=O)Nc3c(Cl)c(OC)cc(OC)c3Cl)ncn2)CCC(N2CCN(CC)CC2)=C1. The molecule has 2 aromatic rings. The van der Waals surface area contributed by atoms with E-state index in [2.05, 4.69) is 49.2 Å². The van der Waals surface area contributed by atoms with Crippen molar-refractivity contribution in [1.82, 2.24) is 25.1 Å². The standard InChI is InChI=1S/C29H36Cl2N8O4/c1-6-25(40)35-20-14-18(39-12-10-38(7-2)11-13-39)8-9-19(20)34-23-16-24(33-17-32-23)37(3)29(41)36-28-26(30)21(42-4)15-22(43-5)27(28)31/h6,14-17H,1,7-13H2,2-5H3,(H,35,40)(H,36,41)(H,32,33,34). The van der Waals surface area contributed by atoms with E-state index in [-0.39, 0.29) is 33.1 Å². The molecule has 12 nitrogen and oxygen atoms in total. The van der Waals surface area contributed by atoms with Gasteiger partial charge in [0.05, 0.1) is 25.6 Å². The van der Waals surface area contributed by atoms with Crippen LogP contribution < -0.4 is 30.3 Å². The lowest BCUT2D eigenvalue weighted by atomic mass is 10.0. The molecule has 0 unspecified atom stereocenters. The minimum Gasteiger partial charge on any atom is -0.495 e. The van der Waals surface area contributed by atoms with E-state index < -0.39 is 6.03 Å². The van der Waals surface area contributed by atoms with Crippen LogP contribution in [0.2, 0.25) is 10.0 Å². The number of hydrogen-bond donors (Lipinski definition) is 3. The molecule has 2 heterocycles. The predicted octanol–water partition coefficient (Wildman–Crippen LogP) is 4.71. The molecule has 0 spiro atoms. The molecule has 1 aromatic carbocycles. The van der Waals surface area contributed by atoms with Gasteiger partial charge in [-0.25, -0.2) is 14.8 Å². The average Bonchev–Trinajstić information content (AvgIpc) is 3.03. The number of piperazine rings is 1. The van der Waals surface area contributed by atoms with Gasteiger partial charge in [-0.3, -0.25) is 9.69 Å². The maximum atomic E-state index is 13.2. The van der Waals surface area contributed by atoms with Gasteiger partial charge in [-0.1, -0.05) is 36.7 Å². The number of urea groups is 1. The van der Waals surface area contributed by atoms with E-state index >= 15 is 0 Å². The summed E-state index contributed by atoms with van der Waals surface area (Å²) in [5, 5.41) is 9.18. The lowest BCUT2D eigenvalue weighted by Crippen LogP contribution is -2.46. The summed E-state index contributed by atoms with van der Waals surface area (Å²) in [5.41, 5.74) is 2.74. The number of likely N-dealkylation sites (N-methyl/N-ethyl adjacent to an activating group) is 1. The fourth-order valence-corrected chi connectivity index (χ4v) is 5.38. The Balaban J connectivity index is 1.54. The molecule has 3 N–H and O–H groups in total. The fraction of sp³-hybridized carbons (Fsp3) is 0.379. The molecule has 1 aliphatic heterocycles. The number of methoxy groups -OCH3 is 2. The van der Waals surface area contributed by atoms with Crippen molar-refractivity contribution in [2.45, 2.75) is 19.8 Å². The van der Waals surface area contributed by atoms with Crippen molar-refractivity contribution in [1.29, 1.82) is 0 Å². The zero-order valence-electron chi connectivity index (χ0n) is 24.7. The second-order valence-corrected chi connectivity index (χ2v) is 10.6. The van der Waals surface area contributed by atoms with E-state index in [1.54, 1.807) is 13.1 Å². The van der Waals surface area contributed by atoms with Gasteiger partial charge in [0.1, 0.15) is 39.5 Å². The van der Waals surface area contributed by atoms with Crippen LogP contribution in [0.4, 0.5) is 22.1 Å². The third-order valence-electron chi connectivity index (χ3n) is 7.32. The Morgan fingerprint density at radius 3 is 2.33 bits per heavy atom. The zero-order chi connectivity index (χ0) is 31.1. The molecular formula is C29H36Cl2N8O4. The molecule has 2 aliphatic rings. The van der Waals surface area contributed by atoms with Crippen LogP contribution in [0.3, 0.4) is 0 Å². The lowest BCUT2D eigenvalue weighted by Gasteiger charge is -2.38. The van der Waals surface area contributed by atoms with E-state index in [1.807, 2.05) is 6.08 Å². The van der Waals surface area contributed by atoms with Gasteiger partial charge in [0, 0.05) is 56.8 Å². The molecular weight excluding hydrogens is 595 g/mol. The summed E-state index contributed by atoms with van der Waals surface area (Å²) in [7, 11) is 4.44. The summed E-state index contributed by atoms with van der Waals surface area (Å²) in [6.45, 7) is 10.7. The van der Waals surface area contributed by atoms with Crippen molar-refractivity contribution >= 4 is 52.5 Å². The number of benzene rings is 1. The van der Waals surface area contributed by atoms with Gasteiger partial charge < -0.3 is 35.2 Å². The number of allylic oxidation sites excluding steroid dienone is 3. The summed E-state index contributed by atoms with van der Waals surface area (Å²) in [5.74, 6) is 1.01. The minimum atomic E-state index is -0.560. The second-order valence-electron chi connectivity index (χ2n) is 9.80. The van der Waals surface area contributed by atoms with Crippen LogP contribution in [0.25, 0.3) is 0 Å². The van der Waals surface area contributed by atoms with Gasteiger partial charge in [-0.05, 0) is 31.5 Å². The maximum absolute atomic E-state index is 13.2. The van der Waals surface area contributed by atoms with Crippen LogP contribution in [-0.2, 0) is 4.79 Å². The number of nitrogens with zero attached hydrogens (tertiary/aromatic N) is 5. The highest BCUT2D eigenvalue weighted by Crippen LogP contribution is 2.44. The van der Waals surface area contributed by atoms with E-state index in [0.29, 0.717) is 23.8 Å². The Labute approximate surface area is 261 Å². The van der Waals surface area contributed by atoms with Crippen molar-refractivity contribution in [3.8, 4) is 11.5 Å². The van der Waals surface area contributed by atoms with Crippen LogP contribution in [-0.4, -0.2) is 85.7 Å². The van der Waals surface area contributed by atoms with Crippen LogP contribution in [0, 0.1) is 0 Å². The number of rotatable bonds is 10. The molecule has 14 heteroatoms. The number of ether oxygens (including phenoxy) is 2. The van der Waals surface area contributed by atoms with E-state index in [4.69, 9.17) is 32.7 Å². The first-order valence-electron chi connectivity index (χ1n) is 13.8. The minimum absolute atomic E-state index is 0.123. The predicted molar refractivity (Wildman–Crippen MR) is 169 cm³/mol. The molecule has 0 saturated carbocycles. The number of amides is 3. The quantitative estimate of drug-likeness (QED) is 0.320. The van der Waals surface area contributed by atoms with Gasteiger partial charge in [-0.15, -0.1) is 0 Å².